The Morgan fingerprint density at radius 1 is 1.11 bits per heavy atom. The molecular formula is C14H16N2O2. The molecule has 4 heteroatoms. The first-order valence-electron chi connectivity index (χ1n) is 5.71. The van der Waals surface area contributed by atoms with Crippen molar-refractivity contribution in [3.8, 4) is 11.3 Å². The molecule has 2 rings (SSSR count). The van der Waals surface area contributed by atoms with E-state index in [1.807, 2.05) is 43.3 Å². The highest BCUT2D eigenvalue weighted by Crippen LogP contribution is 2.23. The van der Waals surface area contributed by atoms with Crippen LogP contribution >= 0.6 is 0 Å². The Kier molecular flexibility index (Phi) is 3.37. The van der Waals surface area contributed by atoms with Crippen LogP contribution < -0.4 is 5.32 Å². The van der Waals surface area contributed by atoms with E-state index in [-0.39, 0.29) is 6.03 Å². The predicted octanol–water partition coefficient (Wildman–Crippen LogP) is 3.35. The van der Waals surface area contributed by atoms with Gasteiger partial charge in [0.15, 0.2) is 0 Å². The Balaban J connectivity index is 2.13. The molecule has 1 heterocycles. The number of hydrogen-bond donors (Lipinski definition) is 1. The Labute approximate surface area is 106 Å². The first-order valence-corrected chi connectivity index (χ1v) is 5.71. The third-order valence-corrected chi connectivity index (χ3v) is 2.57. The standard InChI is InChI=1S/C14H16N2O2/c1-10-4-9-13(18-10)11-5-7-12(8-6-11)15-14(17)16(2)3/h4-9H,1-3H3,(H,15,17). The van der Waals surface area contributed by atoms with Crippen molar-refractivity contribution >= 4 is 11.7 Å². The molecular weight excluding hydrogens is 228 g/mol. The lowest BCUT2D eigenvalue weighted by Crippen LogP contribution is -2.27. The minimum Gasteiger partial charge on any atom is -0.461 e. The molecule has 1 aromatic heterocycles. The van der Waals surface area contributed by atoms with Gasteiger partial charge in [0.1, 0.15) is 11.5 Å². The number of anilines is 1. The molecule has 0 atom stereocenters. The van der Waals surface area contributed by atoms with Crippen LogP contribution in [0.5, 0.6) is 0 Å². The summed E-state index contributed by atoms with van der Waals surface area (Å²) in [4.78, 5) is 13.0. The van der Waals surface area contributed by atoms with Gasteiger partial charge in [-0.05, 0) is 43.3 Å². The highest BCUT2D eigenvalue weighted by atomic mass is 16.3. The fourth-order valence-corrected chi connectivity index (χ4v) is 1.54. The average molecular weight is 244 g/mol. The summed E-state index contributed by atoms with van der Waals surface area (Å²) in [6.07, 6.45) is 0. The SMILES string of the molecule is Cc1ccc(-c2ccc(NC(=O)N(C)C)cc2)o1. The fourth-order valence-electron chi connectivity index (χ4n) is 1.54. The third-order valence-electron chi connectivity index (χ3n) is 2.57. The van der Waals surface area contributed by atoms with E-state index in [1.165, 1.54) is 4.90 Å². The molecule has 18 heavy (non-hydrogen) atoms. The number of furan rings is 1. The van der Waals surface area contributed by atoms with Gasteiger partial charge in [0.25, 0.3) is 0 Å². The van der Waals surface area contributed by atoms with E-state index in [1.54, 1.807) is 14.1 Å². The largest absolute Gasteiger partial charge is 0.461 e. The maximum absolute atomic E-state index is 11.5. The molecule has 1 aromatic carbocycles. The summed E-state index contributed by atoms with van der Waals surface area (Å²) < 4.78 is 5.53. The fraction of sp³-hybridized carbons (Fsp3) is 0.214. The molecule has 1 N–H and O–H groups in total. The van der Waals surface area contributed by atoms with E-state index in [0.29, 0.717) is 0 Å². The van der Waals surface area contributed by atoms with Gasteiger partial charge >= 0.3 is 6.03 Å². The Hall–Kier alpha value is -2.23. The molecule has 0 unspecified atom stereocenters. The summed E-state index contributed by atoms with van der Waals surface area (Å²) >= 11 is 0. The highest BCUT2D eigenvalue weighted by Gasteiger charge is 2.05. The molecule has 2 amide bonds. The first kappa shape index (κ1) is 12.2. The number of carbonyl (C=O) groups excluding carboxylic acids is 1. The minimum atomic E-state index is -0.142. The van der Waals surface area contributed by atoms with E-state index in [0.717, 1.165) is 22.8 Å². The topological polar surface area (TPSA) is 45.5 Å². The molecule has 0 radical (unpaired) electrons. The van der Waals surface area contributed by atoms with Gasteiger partial charge in [-0.1, -0.05) is 0 Å². The highest BCUT2D eigenvalue weighted by molar-refractivity contribution is 5.89. The lowest BCUT2D eigenvalue weighted by molar-refractivity contribution is 0.230. The van der Waals surface area contributed by atoms with E-state index >= 15 is 0 Å². The summed E-state index contributed by atoms with van der Waals surface area (Å²) in [7, 11) is 3.41. The second-order valence-corrected chi connectivity index (χ2v) is 4.31. The normalized spacial score (nSPS) is 10.2. The lowest BCUT2D eigenvalue weighted by atomic mass is 10.1. The molecule has 0 bridgehead atoms. The summed E-state index contributed by atoms with van der Waals surface area (Å²) in [5.41, 5.74) is 1.76. The summed E-state index contributed by atoms with van der Waals surface area (Å²) in [5, 5.41) is 2.78. The maximum atomic E-state index is 11.5. The van der Waals surface area contributed by atoms with Gasteiger partial charge in [-0.2, -0.15) is 0 Å². The van der Waals surface area contributed by atoms with E-state index in [4.69, 9.17) is 4.42 Å². The zero-order valence-corrected chi connectivity index (χ0v) is 10.7. The molecule has 0 saturated heterocycles. The average Bonchev–Trinajstić information content (AvgIpc) is 2.76. The molecule has 0 spiro atoms. The number of nitrogens with one attached hydrogen (secondary N) is 1. The maximum Gasteiger partial charge on any atom is 0.321 e. The van der Waals surface area contributed by atoms with Crippen LogP contribution in [-0.2, 0) is 0 Å². The van der Waals surface area contributed by atoms with Crippen LogP contribution in [-0.4, -0.2) is 25.0 Å². The van der Waals surface area contributed by atoms with E-state index < -0.39 is 0 Å². The number of benzene rings is 1. The van der Waals surface area contributed by atoms with Crippen molar-refractivity contribution in [3.05, 3.63) is 42.2 Å². The number of aryl methyl sites for hydroxylation is 1. The molecule has 94 valence electrons. The smallest absolute Gasteiger partial charge is 0.321 e. The number of nitrogens with zero attached hydrogens (tertiary/aromatic N) is 1. The number of carbonyl (C=O) groups is 1. The van der Waals surface area contributed by atoms with E-state index in [9.17, 15) is 4.79 Å². The Morgan fingerprint density at radius 3 is 2.28 bits per heavy atom. The van der Waals surface area contributed by atoms with Gasteiger partial charge in [0, 0.05) is 25.3 Å². The minimum absolute atomic E-state index is 0.142. The molecule has 4 nitrogen and oxygen atoms in total. The zero-order chi connectivity index (χ0) is 13.1. The first-order chi connectivity index (χ1) is 8.56. The van der Waals surface area contributed by atoms with Crippen molar-refractivity contribution in [3.63, 3.8) is 0 Å². The molecule has 0 saturated carbocycles. The van der Waals surface area contributed by atoms with Crippen molar-refractivity contribution in [1.82, 2.24) is 4.90 Å². The van der Waals surface area contributed by atoms with Crippen LogP contribution in [0.4, 0.5) is 10.5 Å². The van der Waals surface area contributed by atoms with Crippen LogP contribution in [0, 0.1) is 6.92 Å². The van der Waals surface area contributed by atoms with Crippen LogP contribution in [0.15, 0.2) is 40.8 Å². The van der Waals surface area contributed by atoms with Crippen LogP contribution in [0.2, 0.25) is 0 Å². The van der Waals surface area contributed by atoms with Gasteiger partial charge in [-0.15, -0.1) is 0 Å². The lowest BCUT2D eigenvalue weighted by Gasteiger charge is -2.11. The van der Waals surface area contributed by atoms with Crippen LogP contribution in [0.1, 0.15) is 5.76 Å². The van der Waals surface area contributed by atoms with Crippen molar-refractivity contribution in [2.75, 3.05) is 19.4 Å². The zero-order valence-electron chi connectivity index (χ0n) is 10.7. The summed E-state index contributed by atoms with van der Waals surface area (Å²) in [6, 6.07) is 11.3. The summed E-state index contributed by atoms with van der Waals surface area (Å²) in [5.74, 6) is 1.72. The molecule has 2 aromatic rings. The Bertz CT molecular complexity index is 541. The van der Waals surface area contributed by atoms with Gasteiger partial charge < -0.3 is 14.6 Å². The summed E-state index contributed by atoms with van der Waals surface area (Å²) in [6.45, 7) is 1.91. The predicted molar refractivity (Wildman–Crippen MR) is 71.6 cm³/mol. The third kappa shape index (κ3) is 2.71. The molecule has 0 aliphatic carbocycles. The Morgan fingerprint density at radius 2 is 1.78 bits per heavy atom. The second-order valence-electron chi connectivity index (χ2n) is 4.31. The van der Waals surface area contributed by atoms with Crippen molar-refractivity contribution < 1.29 is 9.21 Å². The van der Waals surface area contributed by atoms with Gasteiger partial charge in [0.2, 0.25) is 0 Å². The van der Waals surface area contributed by atoms with Gasteiger partial charge in [0.05, 0.1) is 0 Å². The van der Waals surface area contributed by atoms with Crippen LogP contribution in [0.25, 0.3) is 11.3 Å². The van der Waals surface area contributed by atoms with Crippen molar-refractivity contribution in [1.29, 1.82) is 0 Å². The monoisotopic (exact) mass is 244 g/mol. The molecule has 0 aliphatic rings. The van der Waals surface area contributed by atoms with Crippen molar-refractivity contribution in [2.45, 2.75) is 6.92 Å². The molecule has 0 aliphatic heterocycles. The number of hydrogen-bond acceptors (Lipinski definition) is 2. The second kappa shape index (κ2) is 4.96. The number of amides is 2. The van der Waals surface area contributed by atoms with Crippen LogP contribution in [0.3, 0.4) is 0 Å². The van der Waals surface area contributed by atoms with E-state index in [2.05, 4.69) is 5.32 Å². The van der Waals surface area contributed by atoms with Gasteiger partial charge in [-0.3, -0.25) is 0 Å². The van der Waals surface area contributed by atoms with Gasteiger partial charge in [-0.25, -0.2) is 4.79 Å². The number of rotatable bonds is 2. The molecule has 0 fully saturated rings. The van der Waals surface area contributed by atoms with Crippen molar-refractivity contribution in [2.24, 2.45) is 0 Å². The quantitative estimate of drug-likeness (QED) is 0.880. The number of urea groups is 1.